The van der Waals surface area contributed by atoms with Gasteiger partial charge in [-0.1, -0.05) is 0 Å². The molecule has 0 aliphatic carbocycles. The van der Waals surface area contributed by atoms with Gasteiger partial charge in [0, 0.05) is 24.0 Å². The SMILES string of the molecule is COc1cc(C(=O)NCCc2nc(C)cs2)c(Br)c(OC)c1OC. The standard InChI is InChI=1S/C16H19BrN2O4S/c1-9-8-24-12(19-9)5-6-18-16(20)10-7-11(21-2)14(22-3)15(23-4)13(10)17/h7-8H,5-6H2,1-4H3,(H,18,20). The fourth-order valence-corrected chi connectivity index (χ4v) is 3.59. The van der Waals surface area contributed by atoms with Crippen molar-refractivity contribution in [3.05, 3.63) is 32.2 Å². The molecule has 0 radical (unpaired) electrons. The minimum absolute atomic E-state index is 0.227. The zero-order chi connectivity index (χ0) is 17.7. The van der Waals surface area contributed by atoms with Crippen LogP contribution >= 0.6 is 27.3 Å². The van der Waals surface area contributed by atoms with Crippen LogP contribution in [0.4, 0.5) is 0 Å². The van der Waals surface area contributed by atoms with Gasteiger partial charge in [0.25, 0.3) is 5.91 Å². The lowest BCUT2D eigenvalue weighted by molar-refractivity contribution is 0.0952. The van der Waals surface area contributed by atoms with Crippen molar-refractivity contribution in [3.8, 4) is 17.2 Å². The van der Waals surface area contributed by atoms with E-state index < -0.39 is 0 Å². The number of nitrogens with zero attached hydrogens (tertiary/aromatic N) is 1. The highest BCUT2D eigenvalue weighted by Gasteiger charge is 2.22. The van der Waals surface area contributed by atoms with Gasteiger partial charge >= 0.3 is 0 Å². The Labute approximate surface area is 153 Å². The molecule has 1 amide bonds. The zero-order valence-electron chi connectivity index (χ0n) is 13.9. The first-order valence-corrected chi connectivity index (χ1v) is 8.86. The largest absolute Gasteiger partial charge is 0.493 e. The smallest absolute Gasteiger partial charge is 0.252 e. The highest BCUT2D eigenvalue weighted by Crippen LogP contribution is 2.44. The maximum absolute atomic E-state index is 12.5. The first-order valence-electron chi connectivity index (χ1n) is 7.19. The molecule has 24 heavy (non-hydrogen) atoms. The van der Waals surface area contributed by atoms with Gasteiger partial charge in [-0.25, -0.2) is 4.98 Å². The van der Waals surface area contributed by atoms with Crippen molar-refractivity contribution in [3.63, 3.8) is 0 Å². The van der Waals surface area contributed by atoms with Crippen LogP contribution in [0.15, 0.2) is 15.9 Å². The minimum atomic E-state index is -0.227. The van der Waals surface area contributed by atoms with Gasteiger partial charge in [0.05, 0.1) is 36.4 Å². The number of carbonyl (C=O) groups is 1. The molecule has 1 heterocycles. The Hall–Kier alpha value is -1.80. The van der Waals surface area contributed by atoms with E-state index in [1.807, 2.05) is 12.3 Å². The summed E-state index contributed by atoms with van der Waals surface area (Å²) < 4.78 is 16.4. The van der Waals surface area contributed by atoms with E-state index in [4.69, 9.17) is 14.2 Å². The third-order valence-corrected chi connectivity index (χ3v) is 5.12. The molecule has 0 aliphatic rings. The van der Waals surface area contributed by atoms with E-state index in [2.05, 4.69) is 26.2 Å². The Kier molecular flexibility index (Phi) is 6.44. The van der Waals surface area contributed by atoms with Crippen LogP contribution in [0.1, 0.15) is 21.1 Å². The highest BCUT2D eigenvalue weighted by atomic mass is 79.9. The zero-order valence-corrected chi connectivity index (χ0v) is 16.3. The van der Waals surface area contributed by atoms with Crippen LogP contribution < -0.4 is 19.5 Å². The molecule has 1 N–H and O–H groups in total. The Morgan fingerprint density at radius 3 is 2.50 bits per heavy atom. The second-order valence-electron chi connectivity index (χ2n) is 4.90. The molecule has 0 bridgehead atoms. The Morgan fingerprint density at radius 2 is 1.96 bits per heavy atom. The summed E-state index contributed by atoms with van der Waals surface area (Å²) in [6.45, 7) is 2.44. The molecule has 1 aromatic heterocycles. The minimum Gasteiger partial charge on any atom is -0.493 e. The number of hydrogen-bond donors (Lipinski definition) is 1. The number of thiazole rings is 1. The number of ether oxygens (including phenoxy) is 3. The van der Waals surface area contributed by atoms with E-state index in [1.165, 1.54) is 21.3 Å². The summed E-state index contributed by atoms with van der Waals surface area (Å²) in [5.74, 6) is 1.05. The summed E-state index contributed by atoms with van der Waals surface area (Å²) in [4.78, 5) is 16.9. The molecule has 2 rings (SSSR count). The van der Waals surface area contributed by atoms with E-state index in [9.17, 15) is 4.79 Å². The van der Waals surface area contributed by atoms with E-state index in [0.29, 0.717) is 40.3 Å². The van der Waals surface area contributed by atoms with E-state index in [0.717, 1.165) is 10.7 Å². The molecule has 0 saturated heterocycles. The fraction of sp³-hybridized carbons (Fsp3) is 0.375. The van der Waals surface area contributed by atoms with Gasteiger partial charge in [-0.05, 0) is 28.9 Å². The van der Waals surface area contributed by atoms with Crippen LogP contribution in [0.25, 0.3) is 0 Å². The number of carbonyl (C=O) groups excluding carboxylic acids is 1. The van der Waals surface area contributed by atoms with Crippen molar-refractivity contribution >= 4 is 33.2 Å². The third-order valence-electron chi connectivity index (χ3n) is 3.31. The maximum atomic E-state index is 12.5. The van der Waals surface area contributed by atoms with Gasteiger partial charge in [0.2, 0.25) is 5.75 Å². The quantitative estimate of drug-likeness (QED) is 0.752. The van der Waals surface area contributed by atoms with Crippen molar-refractivity contribution in [2.24, 2.45) is 0 Å². The second-order valence-corrected chi connectivity index (χ2v) is 6.63. The van der Waals surface area contributed by atoms with Crippen molar-refractivity contribution in [1.29, 1.82) is 0 Å². The number of aryl methyl sites for hydroxylation is 1. The lowest BCUT2D eigenvalue weighted by atomic mass is 10.1. The summed E-state index contributed by atoms with van der Waals surface area (Å²) in [5.41, 5.74) is 1.41. The number of rotatable bonds is 7. The molecule has 8 heteroatoms. The van der Waals surface area contributed by atoms with Gasteiger partial charge < -0.3 is 19.5 Å². The van der Waals surface area contributed by atoms with Crippen LogP contribution in [0, 0.1) is 6.92 Å². The van der Waals surface area contributed by atoms with Crippen LogP contribution in [0.5, 0.6) is 17.2 Å². The molecular weight excluding hydrogens is 396 g/mol. The van der Waals surface area contributed by atoms with Crippen LogP contribution in [-0.2, 0) is 6.42 Å². The average molecular weight is 415 g/mol. The summed E-state index contributed by atoms with van der Waals surface area (Å²) in [5, 5.41) is 5.87. The van der Waals surface area contributed by atoms with Crippen molar-refractivity contribution in [1.82, 2.24) is 10.3 Å². The average Bonchev–Trinajstić information content (AvgIpc) is 2.99. The summed E-state index contributed by atoms with van der Waals surface area (Å²) in [6, 6.07) is 1.62. The molecule has 0 unspecified atom stereocenters. The number of halogens is 1. The van der Waals surface area contributed by atoms with Gasteiger partial charge in [0.1, 0.15) is 0 Å². The second kappa shape index (κ2) is 8.34. The Morgan fingerprint density at radius 1 is 1.25 bits per heavy atom. The van der Waals surface area contributed by atoms with Crippen LogP contribution in [-0.4, -0.2) is 38.8 Å². The van der Waals surface area contributed by atoms with Crippen LogP contribution in [0.2, 0.25) is 0 Å². The molecule has 2 aromatic rings. The number of hydrogen-bond acceptors (Lipinski definition) is 6. The Bertz CT molecular complexity index is 733. The maximum Gasteiger partial charge on any atom is 0.252 e. The summed E-state index contributed by atoms with van der Waals surface area (Å²) in [7, 11) is 4.54. The molecule has 6 nitrogen and oxygen atoms in total. The van der Waals surface area contributed by atoms with Gasteiger partial charge in [0.15, 0.2) is 11.5 Å². The number of nitrogens with one attached hydrogen (secondary N) is 1. The molecular formula is C16H19BrN2O4S. The monoisotopic (exact) mass is 414 g/mol. The molecule has 0 aliphatic heterocycles. The highest BCUT2D eigenvalue weighted by molar-refractivity contribution is 9.10. The van der Waals surface area contributed by atoms with Crippen molar-refractivity contribution < 1.29 is 19.0 Å². The van der Waals surface area contributed by atoms with Gasteiger partial charge in [-0.15, -0.1) is 11.3 Å². The molecule has 0 spiro atoms. The number of methoxy groups -OCH3 is 3. The lowest BCUT2D eigenvalue weighted by Crippen LogP contribution is -2.26. The van der Waals surface area contributed by atoms with Crippen LogP contribution in [0.3, 0.4) is 0 Å². The summed E-state index contributed by atoms with van der Waals surface area (Å²) >= 11 is 4.99. The molecule has 0 saturated carbocycles. The number of aromatic nitrogens is 1. The Balaban J connectivity index is 2.16. The van der Waals surface area contributed by atoms with Crippen molar-refractivity contribution in [2.75, 3.05) is 27.9 Å². The molecule has 0 fully saturated rings. The molecule has 1 aromatic carbocycles. The number of amides is 1. The fourth-order valence-electron chi connectivity index (χ4n) is 2.18. The predicted octanol–water partition coefficient (Wildman–Crippen LogP) is 3.21. The number of benzene rings is 1. The van der Waals surface area contributed by atoms with E-state index in [-0.39, 0.29) is 5.91 Å². The summed E-state index contributed by atoms with van der Waals surface area (Å²) in [6.07, 6.45) is 0.687. The normalized spacial score (nSPS) is 10.4. The third kappa shape index (κ3) is 3.99. The van der Waals surface area contributed by atoms with E-state index in [1.54, 1.807) is 17.4 Å². The van der Waals surface area contributed by atoms with E-state index >= 15 is 0 Å². The first-order chi connectivity index (χ1) is 11.5. The van der Waals surface area contributed by atoms with Gasteiger partial charge in [-0.3, -0.25) is 4.79 Å². The van der Waals surface area contributed by atoms with Crippen molar-refractivity contribution in [2.45, 2.75) is 13.3 Å². The molecule has 130 valence electrons. The first kappa shape index (κ1) is 18.5. The molecule has 0 atom stereocenters. The van der Waals surface area contributed by atoms with Gasteiger partial charge in [-0.2, -0.15) is 0 Å². The topological polar surface area (TPSA) is 69.7 Å². The lowest BCUT2D eigenvalue weighted by Gasteiger charge is -2.16. The predicted molar refractivity (Wildman–Crippen MR) is 96.7 cm³/mol.